The summed E-state index contributed by atoms with van der Waals surface area (Å²) in [7, 11) is 0. The molecule has 0 radical (unpaired) electrons. The van der Waals surface area contributed by atoms with Gasteiger partial charge in [-0.25, -0.2) is 0 Å². The van der Waals surface area contributed by atoms with E-state index in [1.165, 1.54) is 16.7 Å². The van der Waals surface area contributed by atoms with Crippen molar-refractivity contribution in [2.75, 3.05) is 19.9 Å². The maximum atomic E-state index is 6.06. The van der Waals surface area contributed by atoms with Gasteiger partial charge in [-0.15, -0.1) is 0 Å². The smallest absolute Gasteiger partial charge is 0.231 e. The van der Waals surface area contributed by atoms with Crippen molar-refractivity contribution in [3.63, 3.8) is 0 Å². The third kappa shape index (κ3) is 5.44. The first-order valence-electron chi connectivity index (χ1n) is 11.7. The fraction of sp³-hybridized carbons (Fsp3) is 0.519. The molecule has 172 valence electrons. The summed E-state index contributed by atoms with van der Waals surface area (Å²) in [5, 5.41) is 0. The van der Waals surface area contributed by atoms with Gasteiger partial charge >= 0.3 is 0 Å². The average molecular weight is 437 g/mol. The first-order valence-corrected chi connectivity index (χ1v) is 11.7. The summed E-state index contributed by atoms with van der Waals surface area (Å²) in [5.41, 5.74) is 3.81. The maximum Gasteiger partial charge on any atom is 0.231 e. The van der Waals surface area contributed by atoms with Crippen LogP contribution in [0, 0.1) is 5.92 Å². The highest BCUT2D eigenvalue weighted by atomic mass is 16.7. The fourth-order valence-corrected chi connectivity index (χ4v) is 4.23. The Morgan fingerprint density at radius 1 is 1.12 bits per heavy atom. The van der Waals surface area contributed by atoms with E-state index in [4.69, 9.17) is 19.2 Å². The second kappa shape index (κ2) is 9.53. The second-order valence-corrected chi connectivity index (χ2v) is 10.1. The summed E-state index contributed by atoms with van der Waals surface area (Å²) in [4.78, 5) is 7.40. The third-order valence-corrected chi connectivity index (χ3v) is 6.17. The Kier molecular flexibility index (Phi) is 6.75. The highest BCUT2D eigenvalue weighted by molar-refractivity contribution is 5.60. The summed E-state index contributed by atoms with van der Waals surface area (Å²) in [6.07, 6.45) is 3.95. The highest BCUT2D eigenvalue weighted by Gasteiger charge is 2.29. The van der Waals surface area contributed by atoms with Gasteiger partial charge in [-0.2, -0.15) is 0 Å². The number of hydrogen-bond acceptors (Lipinski definition) is 4. The lowest BCUT2D eigenvalue weighted by Gasteiger charge is -2.37. The van der Waals surface area contributed by atoms with Crippen molar-refractivity contribution in [1.82, 2.24) is 4.90 Å². The molecule has 0 spiro atoms. The molecule has 0 aliphatic carbocycles. The van der Waals surface area contributed by atoms with Gasteiger partial charge in [0.2, 0.25) is 6.79 Å². The predicted octanol–water partition coefficient (Wildman–Crippen LogP) is 5.43. The van der Waals surface area contributed by atoms with Crippen LogP contribution in [0.3, 0.4) is 0 Å². The zero-order valence-electron chi connectivity index (χ0n) is 20.0. The third-order valence-electron chi connectivity index (χ3n) is 6.17. The van der Waals surface area contributed by atoms with E-state index in [0.717, 1.165) is 30.9 Å². The topological polar surface area (TPSA) is 43.3 Å². The van der Waals surface area contributed by atoms with Gasteiger partial charge in [-0.05, 0) is 68.4 Å². The summed E-state index contributed by atoms with van der Waals surface area (Å²) in [6, 6.07) is 15.4. The number of benzene rings is 2. The Morgan fingerprint density at radius 3 is 2.53 bits per heavy atom. The summed E-state index contributed by atoms with van der Waals surface area (Å²) in [5.74, 6) is 2.12. The average Bonchev–Trinajstić information content (AvgIpc) is 3.20. The van der Waals surface area contributed by atoms with Crippen molar-refractivity contribution in [3.05, 3.63) is 59.2 Å². The quantitative estimate of drug-likeness (QED) is 0.429. The van der Waals surface area contributed by atoms with Gasteiger partial charge in [0.15, 0.2) is 11.5 Å². The van der Waals surface area contributed by atoms with Crippen LogP contribution in [-0.2, 0) is 17.6 Å². The van der Waals surface area contributed by atoms with E-state index in [0.29, 0.717) is 19.3 Å². The Labute approximate surface area is 192 Å². The molecular weight excluding hydrogens is 400 g/mol. The van der Waals surface area contributed by atoms with Crippen LogP contribution in [0.4, 0.5) is 0 Å². The lowest BCUT2D eigenvalue weighted by atomic mass is 9.88. The molecule has 2 atom stereocenters. The Bertz CT molecular complexity index is 934. The van der Waals surface area contributed by atoms with Gasteiger partial charge in [0.05, 0.1) is 30.6 Å². The molecule has 0 bridgehead atoms. The van der Waals surface area contributed by atoms with Gasteiger partial charge in [0.25, 0.3) is 0 Å². The van der Waals surface area contributed by atoms with E-state index in [-0.39, 0.29) is 17.7 Å². The molecule has 0 fully saturated rings. The molecule has 2 aromatic carbocycles. The van der Waals surface area contributed by atoms with Gasteiger partial charge in [-0.1, -0.05) is 44.2 Å². The minimum Gasteiger partial charge on any atom is -0.454 e. The largest absolute Gasteiger partial charge is 0.454 e. The van der Waals surface area contributed by atoms with Crippen LogP contribution >= 0.6 is 0 Å². The Balaban J connectivity index is 1.60. The van der Waals surface area contributed by atoms with E-state index in [1.54, 1.807) is 0 Å². The van der Waals surface area contributed by atoms with E-state index < -0.39 is 0 Å². The molecular formula is C27H36N2O3. The number of hydrogen-bond donors (Lipinski definition) is 0. The lowest BCUT2D eigenvalue weighted by molar-refractivity contribution is -0.0145. The molecule has 0 saturated carbocycles. The van der Waals surface area contributed by atoms with Crippen molar-refractivity contribution in [2.24, 2.45) is 10.9 Å². The van der Waals surface area contributed by atoms with Gasteiger partial charge in [0, 0.05) is 6.54 Å². The van der Waals surface area contributed by atoms with E-state index in [9.17, 15) is 0 Å². The standard InChI is InChI=1S/C27H36N2O3/c1-19(2)23(16-32-27(3,4)5)28-17-29-12-11-21-14-25-26(31-18-30-25)15-22(21)24(29)13-20-9-7-6-8-10-20/h6-10,14-15,17,19,23-24H,11-13,16,18H2,1-5H3/t23-,24-/m1/s1. The van der Waals surface area contributed by atoms with Crippen LogP contribution in [0.15, 0.2) is 47.5 Å². The van der Waals surface area contributed by atoms with Gasteiger partial charge < -0.3 is 19.1 Å². The molecule has 5 nitrogen and oxygen atoms in total. The molecule has 2 heterocycles. The number of aliphatic imine (C=N–C) groups is 1. The van der Waals surface area contributed by atoms with Crippen molar-refractivity contribution < 1.29 is 14.2 Å². The normalized spacial score (nSPS) is 18.9. The van der Waals surface area contributed by atoms with Crippen LogP contribution in [0.1, 0.15) is 57.4 Å². The van der Waals surface area contributed by atoms with Crippen LogP contribution in [0.5, 0.6) is 11.5 Å². The summed E-state index contributed by atoms with van der Waals surface area (Å²) in [6.45, 7) is 12.6. The molecule has 5 heteroatoms. The molecule has 0 unspecified atom stereocenters. The van der Waals surface area contributed by atoms with Gasteiger partial charge in [0.1, 0.15) is 0 Å². The highest BCUT2D eigenvalue weighted by Crippen LogP contribution is 2.41. The van der Waals surface area contributed by atoms with Crippen LogP contribution in [0.25, 0.3) is 0 Å². The molecule has 0 amide bonds. The molecule has 4 rings (SSSR count). The maximum absolute atomic E-state index is 6.06. The van der Waals surface area contributed by atoms with Crippen molar-refractivity contribution in [2.45, 2.75) is 65.1 Å². The minimum absolute atomic E-state index is 0.129. The summed E-state index contributed by atoms with van der Waals surface area (Å²) >= 11 is 0. The monoisotopic (exact) mass is 436 g/mol. The molecule has 32 heavy (non-hydrogen) atoms. The number of fused-ring (bicyclic) bond motifs is 2. The molecule has 0 aromatic heterocycles. The molecule has 0 N–H and O–H groups in total. The Hall–Kier alpha value is -2.53. The van der Waals surface area contributed by atoms with Crippen molar-refractivity contribution in [1.29, 1.82) is 0 Å². The van der Waals surface area contributed by atoms with Crippen molar-refractivity contribution in [3.8, 4) is 11.5 Å². The fourth-order valence-electron chi connectivity index (χ4n) is 4.23. The minimum atomic E-state index is -0.162. The zero-order valence-corrected chi connectivity index (χ0v) is 20.0. The van der Waals surface area contributed by atoms with Crippen LogP contribution in [0.2, 0.25) is 0 Å². The molecule has 2 aromatic rings. The zero-order chi connectivity index (χ0) is 22.7. The van der Waals surface area contributed by atoms with Crippen LogP contribution in [-0.4, -0.2) is 42.8 Å². The van der Waals surface area contributed by atoms with E-state index >= 15 is 0 Å². The predicted molar refractivity (Wildman–Crippen MR) is 129 cm³/mol. The Morgan fingerprint density at radius 2 is 1.84 bits per heavy atom. The van der Waals surface area contributed by atoms with Crippen LogP contribution < -0.4 is 9.47 Å². The summed E-state index contributed by atoms with van der Waals surface area (Å²) < 4.78 is 17.4. The lowest BCUT2D eigenvalue weighted by Crippen LogP contribution is -2.37. The molecule has 2 aliphatic heterocycles. The molecule has 2 aliphatic rings. The van der Waals surface area contributed by atoms with E-state index in [1.807, 2.05) is 0 Å². The number of ether oxygens (including phenoxy) is 3. The second-order valence-electron chi connectivity index (χ2n) is 10.1. The molecule has 0 saturated heterocycles. The first-order chi connectivity index (χ1) is 15.3. The number of nitrogens with zero attached hydrogens (tertiary/aromatic N) is 2. The first kappa shape index (κ1) is 22.7. The van der Waals surface area contributed by atoms with E-state index in [2.05, 4.69) is 88.3 Å². The van der Waals surface area contributed by atoms with Gasteiger partial charge in [-0.3, -0.25) is 4.99 Å². The van der Waals surface area contributed by atoms with Crippen molar-refractivity contribution >= 4 is 6.34 Å². The SMILES string of the molecule is CC(C)[C@@H](COC(C)(C)C)N=CN1CCc2cc3c(cc2[C@H]1Cc1ccccc1)OCO3. The number of rotatable bonds is 7.